The van der Waals surface area contributed by atoms with Gasteiger partial charge in [0.2, 0.25) is 5.76 Å². The van der Waals surface area contributed by atoms with Gasteiger partial charge in [0.1, 0.15) is 5.58 Å². The van der Waals surface area contributed by atoms with Crippen molar-refractivity contribution in [2.24, 2.45) is 0 Å². The number of nitrogens with one attached hydrogen (secondary N) is 1. The maximum atomic E-state index is 12.4. The van der Waals surface area contributed by atoms with E-state index in [0.29, 0.717) is 17.0 Å². The van der Waals surface area contributed by atoms with E-state index in [4.69, 9.17) is 10.2 Å². The van der Waals surface area contributed by atoms with Gasteiger partial charge in [0.15, 0.2) is 0 Å². The highest BCUT2D eigenvalue weighted by atomic mass is 16.3. The fraction of sp³-hybridized carbons (Fsp3) is 0.211. The predicted octanol–water partition coefficient (Wildman–Crippen LogP) is 4.56. The maximum Gasteiger partial charge on any atom is 0.293 e. The normalized spacial score (nSPS) is 11.6. The molecule has 0 atom stereocenters. The highest BCUT2D eigenvalue weighted by Gasteiger charge is 2.19. The van der Waals surface area contributed by atoms with E-state index >= 15 is 0 Å². The van der Waals surface area contributed by atoms with Crippen LogP contribution in [0.1, 0.15) is 36.9 Å². The second-order valence-corrected chi connectivity index (χ2v) is 6.62. The Morgan fingerprint density at radius 3 is 2.30 bits per heavy atom. The molecular weight excluding hydrogens is 288 g/mol. The number of fused-ring (bicyclic) bond motifs is 1. The van der Waals surface area contributed by atoms with Crippen LogP contribution in [-0.2, 0) is 5.41 Å². The average Bonchev–Trinajstić information content (AvgIpc) is 2.85. The van der Waals surface area contributed by atoms with Crippen molar-refractivity contribution in [3.8, 4) is 0 Å². The van der Waals surface area contributed by atoms with Gasteiger partial charge in [-0.3, -0.25) is 4.79 Å². The molecule has 0 bridgehead atoms. The Balaban J connectivity index is 1.85. The van der Waals surface area contributed by atoms with Gasteiger partial charge in [-0.2, -0.15) is 0 Å². The van der Waals surface area contributed by atoms with Crippen molar-refractivity contribution < 1.29 is 9.21 Å². The van der Waals surface area contributed by atoms with Crippen LogP contribution < -0.4 is 11.1 Å². The van der Waals surface area contributed by atoms with E-state index in [1.807, 2.05) is 42.5 Å². The molecule has 0 radical (unpaired) electrons. The van der Waals surface area contributed by atoms with Crippen molar-refractivity contribution in [1.82, 2.24) is 0 Å². The summed E-state index contributed by atoms with van der Waals surface area (Å²) in [6.45, 7) is 6.45. The fourth-order valence-electron chi connectivity index (χ4n) is 2.48. The third-order valence-electron chi connectivity index (χ3n) is 3.85. The molecule has 3 rings (SSSR count). The molecule has 0 saturated carbocycles. The van der Waals surface area contributed by atoms with Crippen LogP contribution in [0.3, 0.4) is 0 Å². The van der Waals surface area contributed by atoms with Gasteiger partial charge in [0.05, 0.1) is 5.69 Å². The summed E-state index contributed by atoms with van der Waals surface area (Å²) in [5.74, 6) is -0.201. The number of nitrogen functional groups attached to an aromatic ring is 1. The molecule has 0 unspecified atom stereocenters. The van der Waals surface area contributed by atoms with E-state index in [9.17, 15) is 4.79 Å². The third-order valence-corrected chi connectivity index (χ3v) is 3.85. The third kappa shape index (κ3) is 2.93. The highest BCUT2D eigenvalue weighted by molar-refractivity contribution is 6.10. The van der Waals surface area contributed by atoms with Gasteiger partial charge in [0, 0.05) is 11.1 Å². The Morgan fingerprint density at radius 1 is 1.04 bits per heavy atom. The molecule has 4 heteroatoms. The van der Waals surface area contributed by atoms with Crippen LogP contribution in [0.15, 0.2) is 52.9 Å². The lowest BCUT2D eigenvalue weighted by Crippen LogP contribution is -2.14. The number of carbonyl (C=O) groups excluding carboxylic acids is 1. The molecule has 3 aromatic rings. The number of anilines is 2. The molecule has 1 heterocycles. The fourth-order valence-corrected chi connectivity index (χ4v) is 2.48. The Hall–Kier alpha value is -2.75. The Kier molecular flexibility index (Phi) is 3.60. The number of hydrogen-bond acceptors (Lipinski definition) is 3. The lowest BCUT2D eigenvalue weighted by Gasteiger charge is -2.19. The highest BCUT2D eigenvalue weighted by Crippen LogP contribution is 2.29. The van der Waals surface area contributed by atoms with E-state index in [0.717, 1.165) is 5.39 Å². The molecule has 4 nitrogen and oxygen atoms in total. The number of amides is 1. The van der Waals surface area contributed by atoms with Gasteiger partial charge in [-0.15, -0.1) is 0 Å². The Morgan fingerprint density at radius 2 is 1.70 bits per heavy atom. The average molecular weight is 308 g/mol. The molecular formula is C19H20N2O2. The molecule has 0 aliphatic carbocycles. The summed E-state index contributed by atoms with van der Waals surface area (Å²) in [6.07, 6.45) is 0. The zero-order valence-electron chi connectivity index (χ0n) is 13.5. The van der Waals surface area contributed by atoms with E-state index in [1.165, 1.54) is 5.56 Å². The first kappa shape index (κ1) is 15.2. The number of para-hydroxylation sites is 1. The minimum atomic E-state index is -0.345. The second kappa shape index (κ2) is 5.47. The number of hydrogen-bond donors (Lipinski definition) is 2. The Labute approximate surface area is 135 Å². The molecule has 1 aromatic heterocycles. The van der Waals surface area contributed by atoms with Crippen LogP contribution in [0.4, 0.5) is 11.4 Å². The molecule has 118 valence electrons. The maximum absolute atomic E-state index is 12.4. The summed E-state index contributed by atoms with van der Waals surface area (Å²) < 4.78 is 5.57. The van der Waals surface area contributed by atoms with Gasteiger partial charge in [-0.1, -0.05) is 45.0 Å². The van der Waals surface area contributed by atoms with E-state index < -0.39 is 0 Å². The predicted molar refractivity (Wildman–Crippen MR) is 93.7 cm³/mol. The molecule has 0 saturated heterocycles. The van der Waals surface area contributed by atoms with E-state index in [1.54, 1.807) is 6.07 Å². The molecule has 0 spiro atoms. The smallest absolute Gasteiger partial charge is 0.293 e. The molecule has 1 amide bonds. The molecule has 0 fully saturated rings. The quantitative estimate of drug-likeness (QED) is 0.729. The zero-order chi connectivity index (χ0) is 16.6. The molecule has 3 N–H and O–H groups in total. The summed E-state index contributed by atoms with van der Waals surface area (Å²) in [5.41, 5.74) is 8.99. The monoisotopic (exact) mass is 308 g/mol. The Bertz CT molecular complexity index is 855. The van der Waals surface area contributed by atoms with Crippen LogP contribution in [0, 0.1) is 0 Å². The molecule has 0 aliphatic rings. The van der Waals surface area contributed by atoms with Crippen LogP contribution in [-0.4, -0.2) is 5.91 Å². The summed E-state index contributed by atoms with van der Waals surface area (Å²) in [5, 5.41) is 3.58. The van der Waals surface area contributed by atoms with Crippen molar-refractivity contribution in [2.45, 2.75) is 26.2 Å². The van der Waals surface area contributed by atoms with Crippen LogP contribution >= 0.6 is 0 Å². The minimum Gasteiger partial charge on any atom is -0.449 e. The van der Waals surface area contributed by atoms with Gasteiger partial charge < -0.3 is 15.5 Å². The summed E-state index contributed by atoms with van der Waals surface area (Å²) in [6, 6.07) is 15.1. The molecule has 2 aromatic carbocycles. The van der Waals surface area contributed by atoms with Crippen molar-refractivity contribution in [3.05, 3.63) is 59.9 Å². The first-order chi connectivity index (χ1) is 10.9. The molecule has 0 aliphatic heterocycles. The topological polar surface area (TPSA) is 68.3 Å². The number of furan rings is 1. The zero-order valence-corrected chi connectivity index (χ0v) is 13.5. The van der Waals surface area contributed by atoms with Gasteiger partial charge >= 0.3 is 0 Å². The standard InChI is InChI=1S/C19H20N2O2/c1-19(2,3)12-8-10-13(11-9-12)21-18(22)17-16(20)14-6-4-5-7-15(14)23-17/h4-11H,20H2,1-3H3,(H,21,22). The van der Waals surface area contributed by atoms with Crippen molar-refractivity contribution in [1.29, 1.82) is 0 Å². The summed E-state index contributed by atoms with van der Waals surface area (Å²) in [4.78, 5) is 12.4. The van der Waals surface area contributed by atoms with Crippen LogP contribution in [0.5, 0.6) is 0 Å². The SMILES string of the molecule is CC(C)(C)c1ccc(NC(=O)c2oc3ccccc3c2N)cc1. The largest absolute Gasteiger partial charge is 0.449 e. The van der Waals surface area contributed by atoms with E-state index in [2.05, 4.69) is 26.1 Å². The minimum absolute atomic E-state index is 0.0751. The molecule has 23 heavy (non-hydrogen) atoms. The van der Waals surface area contributed by atoms with Gasteiger partial charge in [-0.05, 0) is 35.2 Å². The van der Waals surface area contributed by atoms with E-state index in [-0.39, 0.29) is 17.1 Å². The van der Waals surface area contributed by atoms with Crippen LogP contribution in [0.25, 0.3) is 11.0 Å². The van der Waals surface area contributed by atoms with Gasteiger partial charge in [0.25, 0.3) is 5.91 Å². The summed E-state index contributed by atoms with van der Waals surface area (Å²) in [7, 11) is 0. The summed E-state index contributed by atoms with van der Waals surface area (Å²) >= 11 is 0. The van der Waals surface area contributed by atoms with Crippen molar-refractivity contribution in [2.75, 3.05) is 11.1 Å². The lowest BCUT2D eigenvalue weighted by atomic mass is 9.87. The first-order valence-electron chi connectivity index (χ1n) is 7.55. The number of rotatable bonds is 2. The number of nitrogens with two attached hydrogens (primary N) is 1. The number of carbonyl (C=O) groups is 1. The van der Waals surface area contributed by atoms with Crippen LogP contribution in [0.2, 0.25) is 0 Å². The second-order valence-electron chi connectivity index (χ2n) is 6.62. The lowest BCUT2D eigenvalue weighted by molar-refractivity contribution is 0.1000. The van der Waals surface area contributed by atoms with Crippen molar-refractivity contribution in [3.63, 3.8) is 0 Å². The number of benzene rings is 2. The first-order valence-corrected chi connectivity index (χ1v) is 7.55. The van der Waals surface area contributed by atoms with Gasteiger partial charge in [-0.25, -0.2) is 0 Å². The van der Waals surface area contributed by atoms with Crippen molar-refractivity contribution >= 4 is 28.3 Å².